The Labute approximate surface area is 103 Å². The third kappa shape index (κ3) is 1.85. The molecule has 6 heteroatoms. The van der Waals surface area contributed by atoms with Crippen LogP contribution in [-0.4, -0.2) is 41.3 Å². The number of benzene rings is 1. The molecule has 0 radical (unpaired) electrons. The minimum Gasteiger partial charge on any atom is -0.478 e. The number of nitrogens with zero attached hydrogens (tertiary/aromatic N) is 1. The summed E-state index contributed by atoms with van der Waals surface area (Å²) in [5, 5.41) is 18.0. The molecule has 2 unspecified atom stereocenters. The monoisotopic (exact) mass is 251 g/mol. The molecule has 0 bridgehead atoms. The highest BCUT2D eigenvalue weighted by molar-refractivity contribution is 5.89. The highest BCUT2D eigenvalue weighted by Crippen LogP contribution is 2.36. The molecule has 96 valence electrons. The Morgan fingerprint density at radius 3 is 2.56 bits per heavy atom. The van der Waals surface area contributed by atoms with Gasteiger partial charge in [-0.2, -0.15) is 0 Å². The number of rotatable bonds is 2. The lowest BCUT2D eigenvalue weighted by molar-refractivity contribution is -0.146. The average Bonchev–Trinajstić information content (AvgIpc) is 2.32. The molecule has 18 heavy (non-hydrogen) atoms. The molecule has 6 nitrogen and oxygen atoms in total. The van der Waals surface area contributed by atoms with Crippen LogP contribution in [0.3, 0.4) is 0 Å². The molecule has 2 atom stereocenters. The Morgan fingerprint density at radius 2 is 2.00 bits per heavy atom. The van der Waals surface area contributed by atoms with E-state index in [0.29, 0.717) is 5.69 Å². The predicted molar refractivity (Wildman–Crippen MR) is 63.3 cm³/mol. The SMILES string of the molecule is CC1C(C(=O)O)Oc2cc(C(=O)O)ccc2N1C. The number of hydrogen-bond donors (Lipinski definition) is 2. The summed E-state index contributed by atoms with van der Waals surface area (Å²) in [6, 6.07) is 4.10. The smallest absolute Gasteiger partial charge is 0.347 e. The Morgan fingerprint density at radius 1 is 1.33 bits per heavy atom. The van der Waals surface area contributed by atoms with Gasteiger partial charge in [0, 0.05) is 7.05 Å². The fraction of sp³-hybridized carbons (Fsp3) is 0.333. The lowest BCUT2D eigenvalue weighted by Gasteiger charge is -2.37. The van der Waals surface area contributed by atoms with E-state index in [1.807, 2.05) is 0 Å². The van der Waals surface area contributed by atoms with E-state index in [1.54, 1.807) is 24.9 Å². The first-order valence-corrected chi connectivity index (χ1v) is 5.41. The standard InChI is InChI=1S/C12H13NO5/c1-6-10(12(16)17)18-9-5-7(11(14)15)3-4-8(9)13(6)2/h3-6,10H,1-2H3,(H,14,15)(H,16,17). The van der Waals surface area contributed by atoms with Crippen molar-refractivity contribution >= 4 is 17.6 Å². The third-order valence-electron chi connectivity index (χ3n) is 3.13. The maximum absolute atomic E-state index is 11.1. The van der Waals surface area contributed by atoms with E-state index >= 15 is 0 Å². The number of anilines is 1. The molecule has 1 aliphatic rings. The van der Waals surface area contributed by atoms with Crippen LogP contribution < -0.4 is 9.64 Å². The summed E-state index contributed by atoms with van der Waals surface area (Å²) in [4.78, 5) is 23.7. The van der Waals surface area contributed by atoms with Crippen molar-refractivity contribution in [2.24, 2.45) is 0 Å². The average molecular weight is 251 g/mol. The second-order valence-corrected chi connectivity index (χ2v) is 4.22. The molecular weight excluding hydrogens is 238 g/mol. The summed E-state index contributed by atoms with van der Waals surface area (Å²) in [5.41, 5.74) is 0.755. The van der Waals surface area contributed by atoms with E-state index in [4.69, 9.17) is 14.9 Å². The zero-order chi connectivity index (χ0) is 13.4. The number of carbonyl (C=O) groups is 2. The van der Waals surface area contributed by atoms with Crippen LogP contribution in [0.5, 0.6) is 5.75 Å². The van der Waals surface area contributed by atoms with E-state index in [1.165, 1.54) is 12.1 Å². The van der Waals surface area contributed by atoms with E-state index in [9.17, 15) is 9.59 Å². The van der Waals surface area contributed by atoms with Gasteiger partial charge in [0.1, 0.15) is 5.75 Å². The highest BCUT2D eigenvalue weighted by atomic mass is 16.5. The number of hydrogen-bond acceptors (Lipinski definition) is 4. The number of carboxylic acid groups (broad SMARTS) is 2. The fourth-order valence-corrected chi connectivity index (χ4v) is 1.95. The normalized spacial score (nSPS) is 22.0. The molecule has 2 rings (SSSR count). The van der Waals surface area contributed by atoms with Gasteiger partial charge in [0.2, 0.25) is 6.10 Å². The number of fused-ring (bicyclic) bond motifs is 1. The van der Waals surface area contributed by atoms with Gasteiger partial charge in [-0.15, -0.1) is 0 Å². The first-order valence-electron chi connectivity index (χ1n) is 5.41. The summed E-state index contributed by atoms with van der Waals surface area (Å²) in [7, 11) is 1.75. The highest BCUT2D eigenvalue weighted by Gasteiger charge is 2.36. The molecule has 1 aromatic rings. The molecule has 0 aromatic heterocycles. The Balaban J connectivity index is 2.45. The zero-order valence-electron chi connectivity index (χ0n) is 9.95. The van der Waals surface area contributed by atoms with Crippen LogP contribution in [-0.2, 0) is 4.79 Å². The van der Waals surface area contributed by atoms with Gasteiger partial charge in [0.25, 0.3) is 0 Å². The van der Waals surface area contributed by atoms with Crippen LogP contribution >= 0.6 is 0 Å². The van der Waals surface area contributed by atoms with E-state index < -0.39 is 18.0 Å². The lowest BCUT2D eigenvalue weighted by atomic mass is 10.1. The molecule has 0 spiro atoms. The van der Waals surface area contributed by atoms with Gasteiger partial charge in [-0.05, 0) is 25.1 Å². The first-order chi connectivity index (χ1) is 8.41. The van der Waals surface area contributed by atoms with Crippen molar-refractivity contribution < 1.29 is 24.5 Å². The Kier molecular flexibility index (Phi) is 2.86. The van der Waals surface area contributed by atoms with E-state index in [0.717, 1.165) is 0 Å². The van der Waals surface area contributed by atoms with Gasteiger partial charge < -0.3 is 19.8 Å². The third-order valence-corrected chi connectivity index (χ3v) is 3.13. The summed E-state index contributed by atoms with van der Waals surface area (Å²) in [5.74, 6) is -1.86. The number of ether oxygens (including phenoxy) is 1. The van der Waals surface area contributed by atoms with Crippen LogP contribution in [0.25, 0.3) is 0 Å². The van der Waals surface area contributed by atoms with Gasteiger partial charge in [-0.1, -0.05) is 0 Å². The van der Waals surface area contributed by atoms with Crippen molar-refractivity contribution in [1.82, 2.24) is 0 Å². The first kappa shape index (κ1) is 12.2. The van der Waals surface area contributed by atoms with Gasteiger partial charge in [-0.25, -0.2) is 9.59 Å². The quantitative estimate of drug-likeness (QED) is 0.817. The van der Waals surface area contributed by atoms with Crippen LogP contribution in [0.2, 0.25) is 0 Å². The fourth-order valence-electron chi connectivity index (χ4n) is 1.95. The summed E-state index contributed by atoms with van der Waals surface area (Å²) in [6.07, 6.45) is -1.01. The van der Waals surface area contributed by atoms with E-state index in [2.05, 4.69) is 0 Å². The maximum Gasteiger partial charge on any atom is 0.347 e. The van der Waals surface area contributed by atoms with Crippen LogP contribution in [0.1, 0.15) is 17.3 Å². The van der Waals surface area contributed by atoms with Crippen molar-refractivity contribution in [3.63, 3.8) is 0 Å². The minimum absolute atomic E-state index is 0.0702. The van der Waals surface area contributed by atoms with Gasteiger partial charge >= 0.3 is 11.9 Å². The summed E-state index contributed by atoms with van der Waals surface area (Å²) in [6.45, 7) is 1.74. The topological polar surface area (TPSA) is 87.1 Å². The molecule has 0 saturated carbocycles. The second-order valence-electron chi connectivity index (χ2n) is 4.22. The maximum atomic E-state index is 11.1. The predicted octanol–water partition coefficient (Wildman–Crippen LogP) is 1.06. The van der Waals surface area contributed by atoms with Crippen LogP contribution in [0, 0.1) is 0 Å². The number of aromatic carboxylic acids is 1. The largest absolute Gasteiger partial charge is 0.478 e. The van der Waals surface area contributed by atoms with Crippen LogP contribution in [0.4, 0.5) is 5.69 Å². The second kappa shape index (κ2) is 4.21. The number of aliphatic carboxylic acids is 1. The Bertz CT molecular complexity index is 513. The van der Waals surface area contributed by atoms with Crippen molar-refractivity contribution in [2.75, 3.05) is 11.9 Å². The van der Waals surface area contributed by atoms with Gasteiger partial charge in [-0.3, -0.25) is 0 Å². The summed E-state index contributed by atoms with van der Waals surface area (Å²) < 4.78 is 5.36. The molecule has 1 aliphatic heterocycles. The number of likely N-dealkylation sites (N-methyl/N-ethyl adjacent to an activating group) is 1. The van der Waals surface area contributed by atoms with E-state index in [-0.39, 0.29) is 17.4 Å². The molecular formula is C12H13NO5. The lowest BCUT2D eigenvalue weighted by Crippen LogP contribution is -2.50. The molecule has 0 aliphatic carbocycles. The summed E-state index contributed by atoms with van der Waals surface area (Å²) >= 11 is 0. The molecule has 2 N–H and O–H groups in total. The molecule has 0 saturated heterocycles. The molecule has 1 heterocycles. The molecule has 0 fully saturated rings. The minimum atomic E-state index is -1.07. The molecule has 1 aromatic carbocycles. The van der Waals surface area contributed by atoms with Gasteiger partial charge in [0.15, 0.2) is 0 Å². The van der Waals surface area contributed by atoms with Crippen molar-refractivity contribution in [3.8, 4) is 5.75 Å². The van der Waals surface area contributed by atoms with Crippen molar-refractivity contribution in [1.29, 1.82) is 0 Å². The Hall–Kier alpha value is -2.24. The molecule has 0 amide bonds. The van der Waals surface area contributed by atoms with Gasteiger partial charge in [0.05, 0.1) is 17.3 Å². The van der Waals surface area contributed by atoms with Crippen molar-refractivity contribution in [3.05, 3.63) is 23.8 Å². The van der Waals surface area contributed by atoms with Crippen molar-refractivity contribution in [2.45, 2.75) is 19.1 Å². The van der Waals surface area contributed by atoms with Crippen LogP contribution in [0.15, 0.2) is 18.2 Å². The zero-order valence-corrected chi connectivity index (χ0v) is 9.95. The number of carboxylic acids is 2.